The maximum Gasteiger partial charge on any atom is 0.226 e. The number of nitrogens with zero attached hydrogens (tertiary/aromatic N) is 2. The highest BCUT2D eigenvalue weighted by Crippen LogP contribution is 2.35. The van der Waals surface area contributed by atoms with Crippen molar-refractivity contribution in [3.8, 4) is 5.75 Å². The summed E-state index contributed by atoms with van der Waals surface area (Å²) in [6.07, 6.45) is 2.48. The topological polar surface area (TPSA) is 60.2 Å². The first kappa shape index (κ1) is 14.1. The Kier molecular flexibility index (Phi) is 4.20. The second kappa shape index (κ2) is 6.26. The fourth-order valence-corrected chi connectivity index (χ4v) is 2.46. The Morgan fingerprint density at radius 2 is 2.19 bits per heavy atom. The first-order valence-corrected chi connectivity index (χ1v) is 7.53. The standard InChI is InChI=1S/C16H21N3O2/c1-11(2)17-9-5-8-15-18-16(19-21-15)14-10-12-6-3-4-7-13(12)20-14/h3-4,6-7,11,14,17H,5,8-10H2,1-2H3. The maximum atomic E-state index is 5.87. The third-order valence-electron chi connectivity index (χ3n) is 3.54. The first-order chi connectivity index (χ1) is 10.2. The van der Waals surface area contributed by atoms with Gasteiger partial charge in [-0.25, -0.2) is 0 Å². The maximum absolute atomic E-state index is 5.87. The van der Waals surface area contributed by atoms with Crippen molar-refractivity contribution in [1.29, 1.82) is 0 Å². The summed E-state index contributed by atoms with van der Waals surface area (Å²) in [6.45, 7) is 5.24. The van der Waals surface area contributed by atoms with Crippen LogP contribution >= 0.6 is 0 Å². The molecule has 1 unspecified atom stereocenters. The van der Waals surface area contributed by atoms with Gasteiger partial charge in [-0.3, -0.25) is 0 Å². The molecular formula is C16H21N3O2. The molecule has 1 N–H and O–H groups in total. The fourth-order valence-electron chi connectivity index (χ4n) is 2.46. The number of hydrogen-bond donors (Lipinski definition) is 1. The lowest BCUT2D eigenvalue weighted by Crippen LogP contribution is -2.23. The van der Waals surface area contributed by atoms with Crippen molar-refractivity contribution < 1.29 is 9.26 Å². The van der Waals surface area contributed by atoms with Gasteiger partial charge in [0.25, 0.3) is 0 Å². The Bertz CT molecular complexity index is 570. The van der Waals surface area contributed by atoms with Gasteiger partial charge in [0.1, 0.15) is 5.75 Å². The number of fused-ring (bicyclic) bond motifs is 1. The van der Waals surface area contributed by atoms with Gasteiger partial charge in [-0.2, -0.15) is 4.98 Å². The smallest absolute Gasteiger partial charge is 0.226 e. The van der Waals surface area contributed by atoms with Crippen LogP contribution in [0.3, 0.4) is 0 Å². The van der Waals surface area contributed by atoms with Crippen molar-refractivity contribution in [2.24, 2.45) is 0 Å². The minimum absolute atomic E-state index is 0.117. The quantitative estimate of drug-likeness (QED) is 0.828. The Labute approximate surface area is 124 Å². The molecule has 21 heavy (non-hydrogen) atoms. The number of rotatable bonds is 6. The molecule has 5 heteroatoms. The number of nitrogens with one attached hydrogen (secondary N) is 1. The fraction of sp³-hybridized carbons (Fsp3) is 0.500. The van der Waals surface area contributed by atoms with Crippen LogP contribution in [0, 0.1) is 0 Å². The Morgan fingerprint density at radius 3 is 3.00 bits per heavy atom. The summed E-state index contributed by atoms with van der Waals surface area (Å²) >= 11 is 0. The monoisotopic (exact) mass is 287 g/mol. The van der Waals surface area contributed by atoms with Gasteiger partial charge in [-0.1, -0.05) is 37.2 Å². The molecule has 1 aliphatic rings. The molecule has 0 saturated carbocycles. The van der Waals surface area contributed by atoms with E-state index in [4.69, 9.17) is 9.26 Å². The van der Waals surface area contributed by atoms with Gasteiger partial charge in [-0.05, 0) is 24.6 Å². The molecule has 0 radical (unpaired) electrons. The molecule has 1 aromatic heterocycles. The molecule has 0 bridgehead atoms. The number of benzene rings is 1. The van der Waals surface area contributed by atoms with Gasteiger partial charge in [0, 0.05) is 18.9 Å². The molecule has 0 aliphatic carbocycles. The molecule has 1 aromatic carbocycles. The van der Waals surface area contributed by atoms with Gasteiger partial charge >= 0.3 is 0 Å². The summed E-state index contributed by atoms with van der Waals surface area (Å²) in [5, 5.41) is 7.44. The average Bonchev–Trinajstić information content (AvgIpc) is 3.09. The average molecular weight is 287 g/mol. The van der Waals surface area contributed by atoms with E-state index in [-0.39, 0.29) is 6.10 Å². The van der Waals surface area contributed by atoms with Crippen molar-refractivity contribution in [1.82, 2.24) is 15.5 Å². The van der Waals surface area contributed by atoms with Crippen LogP contribution in [0.15, 0.2) is 28.8 Å². The molecule has 0 fully saturated rings. The molecule has 112 valence electrons. The summed E-state index contributed by atoms with van der Waals surface area (Å²) in [6, 6.07) is 8.56. The van der Waals surface area contributed by atoms with Crippen LogP contribution in [0.25, 0.3) is 0 Å². The lowest BCUT2D eigenvalue weighted by Gasteiger charge is -2.05. The molecule has 0 amide bonds. The zero-order valence-electron chi connectivity index (χ0n) is 12.5. The highest BCUT2D eigenvalue weighted by molar-refractivity contribution is 5.37. The van der Waals surface area contributed by atoms with Crippen LogP contribution in [0.1, 0.15) is 43.7 Å². The van der Waals surface area contributed by atoms with Gasteiger partial charge < -0.3 is 14.6 Å². The van der Waals surface area contributed by atoms with Crippen molar-refractivity contribution >= 4 is 0 Å². The van der Waals surface area contributed by atoms with E-state index in [0.717, 1.165) is 31.6 Å². The van der Waals surface area contributed by atoms with E-state index >= 15 is 0 Å². The molecule has 0 spiro atoms. The molecule has 3 rings (SSSR count). The van der Waals surface area contributed by atoms with Crippen LogP contribution in [0.2, 0.25) is 0 Å². The molecule has 2 aromatic rings. The second-order valence-corrected chi connectivity index (χ2v) is 5.68. The van der Waals surface area contributed by atoms with Crippen LogP contribution in [0.4, 0.5) is 0 Å². The molecule has 1 atom stereocenters. The van der Waals surface area contributed by atoms with Crippen molar-refractivity contribution in [3.63, 3.8) is 0 Å². The van der Waals surface area contributed by atoms with E-state index in [1.165, 1.54) is 5.56 Å². The summed E-state index contributed by atoms with van der Waals surface area (Å²) in [5.74, 6) is 2.27. The molecule has 1 aliphatic heterocycles. The van der Waals surface area contributed by atoms with Crippen molar-refractivity contribution in [3.05, 3.63) is 41.5 Å². The largest absolute Gasteiger partial charge is 0.482 e. The summed E-state index contributed by atoms with van der Waals surface area (Å²) in [7, 11) is 0. The Hall–Kier alpha value is -1.88. The van der Waals surface area contributed by atoms with Crippen LogP contribution in [-0.4, -0.2) is 22.7 Å². The van der Waals surface area contributed by atoms with E-state index < -0.39 is 0 Å². The number of aryl methyl sites for hydroxylation is 1. The van der Waals surface area contributed by atoms with E-state index in [9.17, 15) is 0 Å². The number of ether oxygens (including phenoxy) is 1. The van der Waals surface area contributed by atoms with Gasteiger partial charge in [0.15, 0.2) is 6.10 Å². The molecule has 2 heterocycles. The van der Waals surface area contributed by atoms with Gasteiger partial charge in [-0.15, -0.1) is 0 Å². The highest BCUT2D eigenvalue weighted by Gasteiger charge is 2.28. The Morgan fingerprint density at radius 1 is 1.33 bits per heavy atom. The highest BCUT2D eigenvalue weighted by atomic mass is 16.5. The number of hydrogen-bond acceptors (Lipinski definition) is 5. The molecule has 0 saturated heterocycles. The normalized spacial score (nSPS) is 17.0. The predicted octanol–water partition coefficient (Wildman–Crippen LogP) is 2.68. The molecular weight excluding hydrogens is 266 g/mol. The van der Waals surface area contributed by atoms with E-state index in [1.807, 2.05) is 18.2 Å². The second-order valence-electron chi connectivity index (χ2n) is 5.68. The van der Waals surface area contributed by atoms with Crippen molar-refractivity contribution in [2.45, 2.75) is 45.3 Å². The predicted molar refractivity (Wildman–Crippen MR) is 79.3 cm³/mol. The van der Waals surface area contributed by atoms with Crippen LogP contribution < -0.4 is 10.1 Å². The van der Waals surface area contributed by atoms with Crippen molar-refractivity contribution in [2.75, 3.05) is 6.54 Å². The lowest BCUT2D eigenvalue weighted by molar-refractivity contribution is 0.221. The van der Waals surface area contributed by atoms with Crippen LogP contribution in [-0.2, 0) is 12.8 Å². The summed E-state index contributed by atoms with van der Waals surface area (Å²) in [5.41, 5.74) is 1.20. The zero-order chi connectivity index (χ0) is 14.7. The number of para-hydroxylation sites is 1. The van der Waals surface area contributed by atoms with Crippen LogP contribution in [0.5, 0.6) is 5.75 Å². The minimum Gasteiger partial charge on any atom is -0.482 e. The number of aromatic nitrogens is 2. The minimum atomic E-state index is -0.117. The van der Waals surface area contributed by atoms with E-state index in [1.54, 1.807) is 0 Å². The summed E-state index contributed by atoms with van der Waals surface area (Å²) < 4.78 is 11.2. The Balaban J connectivity index is 1.54. The third-order valence-corrected chi connectivity index (χ3v) is 3.54. The van der Waals surface area contributed by atoms with E-state index in [2.05, 4.69) is 35.4 Å². The zero-order valence-corrected chi connectivity index (χ0v) is 12.5. The van der Waals surface area contributed by atoms with E-state index in [0.29, 0.717) is 17.8 Å². The SMILES string of the molecule is CC(C)NCCCc1nc(C2Cc3ccccc3O2)no1. The molecule has 5 nitrogen and oxygen atoms in total. The summed E-state index contributed by atoms with van der Waals surface area (Å²) in [4.78, 5) is 4.46. The third kappa shape index (κ3) is 3.42. The van der Waals surface area contributed by atoms with Gasteiger partial charge in [0.05, 0.1) is 0 Å². The first-order valence-electron chi connectivity index (χ1n) is 7.53. The van der Waals surface area contributed by atoms with Gasteiger partial charge in [0.2, 0.25) is 11.7 Å². The lowest BCUT2D eigenvalue weighted by atomic mass is 10.1.